The summed E-state index contributed by atoms with van der Waals surface area (Å²) >= 11 is 4.43. The fourth-order valence-electron chi connectivity index (χ4n) is 3.20. The highest BCUT2D eigenvalue weighted by Crippen LogP contribution is 2.35. The number of H-pyrrole nitrogens is 1. The minimum atomic E-state index is -0.158. The number of aromatic amines is 1. The minimum absolute atomic E-state index is 0.141. The third-order valence-electron chi connectivity index (χ3n) is 4.66. The lowest BCUT2D eigenvalue weighted by Crippen LogP contribution is -2.12. The molecule has 1 N–H and O–H groups in total. The zero-order chi connectivity index (χ0) is 21.4. The zero-order valence-corrected chi connectivity index (χ0v) is 19.1. The molecule has 1 atom stereocenters. The molecule has 0 fully saturated rings. The average molecular weight is 468 g/mol. The van der Waals surface area contributed by atoms with Crippen molar-refractivity contribution in [3.63, 3.8) is 0 Å². The number of hydrogen-bond donors (Lipinski definition) is 1. The third kappa shape index (κ3) is 4.18. The van der Waals surface area contributed by atoms with Crippen LogP contribution >= 0.6 is 34.4 Å². The Labute approximate surface area is 189 Å². The highest BCUT2D eigenvalue weighted by molar-refractivity contribution is 7.99. The van der Waals surface area contributed by atoms with Crippen molar-refractivity contribution in [2.45, 2.75) is 30.7 Å². The predicted molar refractivity (Wildman–Crippen MR) is 124 cm³/mol. The molecule has 5 aromatic rings. The van der Waals surface area contributed by atoms with Crippen LogP contribution in [0.4, 0.5) is 0 Å². The molecular weight excluding hydrogens is 450 g/mol. The maximum Gasteiger partial charge on any atom is 0.277 e. The Balaban J connectivity index is 1.37. The number of fused-ring (bicyclic) bond motifs is 1. The number of nitrogens with zero attached hydrogens (tertiary/aromatic N) is 4. The lowest BCUT2D eigenvalue weighted by Gasteiger charge is -2.07. The van der Waals surface area contributed by atoms with Crippen molar-refractivity contribution in [1.29, 1.82) is 0 Å². The molecule has 4 heterocycles. The van der Waals surface area contributed by atoms with E-state index in [1.807, 2.05) is 54.9 Å². The lowest BCUT2D eigenvalue weighted by atomic mass is 10.1. The standard InChI is InChI=1S/C21H17N5O2S3/c1-11(31-21-26-25-16(28-21)8-14-9-29-12(2)22-14)18-23-19(27)17-15(10-30-20(17)24-18)13-6-4-3-5-7-13/h3-7,9-11H,8H2,1-2H3,(H,23,24,27)/t11-/m0/s1. The van der Waals surface area contributed by atoms with Gasteiger partial charge in [0.1, 0.15) is 10.7 Å². The van der Waals surface area contributed by atoms with E-state index in [0.717, 1.165) is 26.7 Å². The fraction of sp³-hybridized carbons (Fsp3) is 0.190. The largest absolute Gasteiger partial charge is 0.416 e. The summed E-state index contributed by atoms with van der Waals surface area (Å²) in [5, 5.41) is 14.1. The van der Waals surface area contributed by atoms with E-state index in [0.29, 0.717) is 28.7 Å². The molecule has 0 aliphatic rings. The molecule has 10 heteroatoms. The summed E-state index contributed by atoms with van der Waals surface area (Å²) < 4.78 is 5.76. The molecule has 0 aliphatic carbocycles. The van der Waals surface area contributed by atoms with Crippen molar-refractivity contribution >= 4 is 44.7 Å². The molecule has 0 bridgehead atoms. The van der Waals surface area contributed by atoms with Crippen LogP contribution < -0.4 is 5.56 Å². The zero-order valence-electron chi connectivity index (χ0n) is 16.7. The van der Waals surface area contributed by atoms with Gasteiger partial charge in [0.15, 0.2) is 0 Å². The first-order chi connectivity index (χ1) is 15.1. The number of aryl methyl sites for hydroxylation is 1. The van der Waals surface area contributed by atoms with E-state index in [1.165, 1.54) is 23.1 Å². The molecule has 0 saturated carbocycles. The van der Waals surface area contributed by atoms with Crippen LogP contribution in [0.15, 0.2) is 55.5 Å². The van der Waals surface area contributed by atoms with Gasteiger partial charge in [-0.2, -0.15) is 0 Å². The number of hydrogen-bond acceptors (Lipinski definition) is 9. The summed E-state index contributed by atoms with van der Waals surface area (Å²) in [7, 11) is 0. The van der Waals surface area contributed by atoms with Crippen molar-refractivity contribution in [1.82, 2.24) is 25.1 Å². The van der Waals surface area contributed by atoms with Gasteiger partial charge in [0, 0.05) is 16.3 Å². The summed E-state index contributed by atoms with van der Waals surface area (Å²) in [5.41, 5.74) is 2.68. The Hall–Kier alpha value is -2.82. The van der Waals surface area contributed by atoms with Crippen LogP contribution in [0.1, 0.15) is 34.6 Å². The highest BCUT2D eigenvalue weighted by atomic mass is 32.2. The van der Waals surface area contributed by atoms with Crippen LogP contribution in [0.5, 0.6) is 0 Å². The molecule has 1 aromatic carbocycles. The molecular formula is C21H17N5O2S3. The van der Waals surface area contributed by atoms with Crippen LogP contribution in [-0.4, -0.2) is 25.1 Å². The number of thiophene rings is 1. The van der Waals surface area contributed by atoms with Crippen molar-refractivity contribution in [3.05, 3.63) is 73.9 Å². The number of thiazole rings is 1. The summed E-state index contributed by atoms with van der Waals surface area (Å²) in [5.74, 6) is 1.10. The quantitative estimate of drug-likeness (QED) is 0.341. The van der Waals surface area contributed by atoms with Gasteiger partial charge in [0.25, 0.3) is 10.8 Å². The van der Waals surface area contributed by atoms with Crippen molar-refractivity contribution < 1.29 is 4.42 Å². The number of benzene rings is 1. The predicted octanol–water partition coefficient (Wildman–Crippen LogP) is 5.24. The Bertz CT molecular complexity index is 1400. The van der Waals surface area contributed by atoms with E-state index >= 15 is 0 Å². The molecule has 4 aromatic heterocycles. The van der Waals surface area contributed by atoms with E-state index in [2.05, 4.69) is 20.2 Å². The van der Waals surface area contributed by atoms with Gasteiger partial charge in [-0.1, -0.05) is 42.1 Å². The monoisotopic (exact) mass is 467 g/mol. The first-order valence-electron chi connectivity index (χ1n) is 9.53. The molecule has 31 heavy (non-hydrogen) atoms. The van der Waals surface area contributed by atoms with Gasteiger partial charge in [-0.05, 0) is 19.4 Å². The average Bonchev–Trinajstić information content (AvgIpc) is 3.49. The number of nitrogens with one attached hydrogen (secondary N) is 1. The first kappa shape index (κ1) is 20.1. The van der Waals surface area contributed by atoms with Crippen LogP contribution in [-0.2, 0) is 6.42 Å². The Morgan fingerprint density at radius 2 is 1.97 bits per heavy atom. The molecule has 5 rings (SSSR count). The molecule has 0 saturated heterocycles. The Kier molecular flexibility index (Phi) is 5.43. The van der Waals surface area contributed by atoms with Gasteiger partial charge in [-0.15, -0.1) is 32.9 Å². The maximum atomic E-state index is 12.9. The van der Waals surface area contributed by atoms with Gasteiger partial charge >= 0.3 is 0 Å². The molecule has 7 nitrogen and oxygen atoms in total. The number of thioether (sulfide) groups is 1. The van der Waals surface area contributed by atoms with E-state index in [-0.39, 0.29) is 10.8 Å². The van der Waals surface area contributed by atoms with Crippen molar-refractivity contribution in [2.24, 2.45) is 0 Å². The third-order valence-corrected chi connectivity index (χ3v) is 7.29. The Morgan fingerprint density at radius 3 is 2.74 bits per heavy atom. The molecule has 0 spiro atoms. The lowest BCUT2D eigenvalue weighted by molar-refractivity contribution is 0.418. The normalized spacial score (nSPS) is 12.5. The van der Waals surface area contributed by atoms with Gasteiger partial charge in [0.2, 0.25) is 5.89 Å². The molecule has 156 valence electrons. The summed E-state index contributed by atoms with van der Waals surface area (Å²) in [6.07, 6.45) is 0.505. The van der Waals surface area contributed by atoms with Gasteiger partial charge < -0.3 is 9.40 Å². The van der Waals surface area contributed by atoms with E-state index < -0.39 is 0 Å². The van der Waals surface area contributed by atoms with Crippen LogP contribution in [0.3, 0.4) is 0 Å². The maximum absolute atomic E-state index is 12.9. The summed E-state index contributed by atoms with van der Waals surface area (Å²) in [4.78, 5) is 25.6. The van der Waals surface area contributed by atoms with E-state index in [1.54, 1.807) is 11.3 Å². The second kappa shape index (κ2) is 8.37. The smallest absolute Gasteiger partial charge is 0.277 e. The van der Waals surface area contributed by atoms with Gasteiger partial charge in [-0.3, -0.25) is 4.79 Å². The molecule has 0 radical (unpaired) electrons. The second-order valence-electron chi connectivity index (χ2n) is 6.90. The SMILES string of the molecule is Cc1nc(Cc2nnc(S[C@@H](C)c3nc4scc(-c5ccccc5)c4c(=O)[nH]3)o2)cs1. The number of aromatic nitrogens is 5. The van der Waals surface area contributed by atoms with E-state index in [9.17, 15) is 4.79 Å². The Morgan fingerprint density at radius 1 is 1.13 bits per heavy atom. The van der Waals surface area contributed by atoms with Gasteiger partial charge in [0.05, 0.1) is 27.8 Å². The topological polar surface area (TPSA) is 97.6 Å². The molecule has 0 unspecified atom stereocenters. The summed E-state index contributed by atoms with van der Waals surface area (Å²) in [6, 6.07) is 9.86. The van der Waals surface area contributed by atoms with Crippen LogP contribution in [0.25, 0.3) is 21.3 Å². The number of rotatable bonds is 6. The van der Waals surface area contributed by atoms with Gasteiger partial charge in [-0.25, -0.2) is 9.97 Å². The fourth-order valence-corrected chi connectivity index (χ4v) is 5.52. The molecule has 0 amide bonds. The second-order valence-corrected chi connectivity index (χ2v) is 10.1. The van der Waals surface area contributed by atoms with E-state index in [4.69, 9.17) is 9.40 Å². The van der Waals surface area contributed by atoms with Crippen LogP contribution in [0, 0.1) is 6.92 Å². The minimum Gasteiger partial charge on any atom is -0.416 e. The van der Waals surface area contributed by atoms with Crippen molar-refractivity contribution in [3.8, 4) is 11.1 Å². The first-order valence-corrected chi connectivity index (χ1v) is 12.2. The highest BCUT2D eigenvalue weighted by Gasteiger charge is 2.19. The summed E-state index contributed by atoms with van der Waals surface area (Å²) in [6.45, 7) is 3.92. The van der Waals surface area contributed by atoms with Crippen LogP contribution in [0.2, 0.25) is 0 Å². The molecule has 0 aliphatic heterocycles. The van der Waals surface area contributed by atoms with Crippen molar-refractivity contribution in [2.75, 3.05) is 0 Å².